The minimum absolute atomic E-state index is 0.0405. The van der Waals surface area contributed by atoms with Gasteiger partial charge in [-0.2, -0.15) is 0 Å². The van der Waals surface area contributed by atoms with E-state index < -0.39 is 5.82 Å². The number of nitrogens with zero attached hydrogens (tertiary/aromatic N) is 2. The monoisotopic (exact) mass is 241 g/mol. The van der Waals surface area contributed by atoms with E-state index in [1.165, 1.54) is 6.33 Å². The first kappa shape index (κ1) is 13.8. The maximum Gasteiger partial charge on any atom is 0.186 e. The van der Waals surface area contributed by atoms with Gasteiger partial charge in [0.2, 0.25) is 0 Å². The van der Waals surface area contributed by atoms with Crippen molar-refractivity contribution in [3.63, 3.8) is 0 Å². The van der Waals surface area contributed by atoms with Gasteiger partial charge < -0.3 is 10.1 Å². The smallest absolute Gasteiger partial charge is 0.186 e. The molecule has 1 aromatic rings. The first-order valence-corrected chi connectivity index (χ1v) is 5.87. The molecule has 0 saturated heterocycles. The summed E-state index contributed by atoms with van der Waals surface area (Å²) in [6, 6.07) is 0.0405. The lowest BCUT2D eigenvalue weighted by Crippen LogP contribution is -2.32. The van der Waals surface area contributed by atoms with Crippen molar-refractivity contribution in [3.05, 3.63) is 17.8 Å². The number of halogens is 1. The Kier molecular flexibility index (Phi) is 5.28. The molecule has 1 aromatic heterocycles. The average Bonchev–Trinajstić information content (AvgIpc) is 2.29. The first-order chi connectivity index (χ1) is 8.06. The van der Waals surface area contributed by atoms with E-state index in [1.54, 1.807) is 6.92 Å². The van der Waals surface area contributed by atoms with Crippen LogP contribution >= 0.6 is 0 Å². The van der Waals surface area contributed by atoms with Gasteiger partial charge in [0.25, 0.3) is 0 Å². The molecule has 0 saturated carbocycles. The highest BCUT2D eigenvalue weighted by Gasteiger charge is 2.17. The van der Waals surface area contributed by atoms with Gasteiger partial charge in [-0.3, -0.25) is 0 Å². The molecule has 0 aromatic carbocycles. The second kappa shape index (κ2) is 6.49. The Morgan fingerprint density at radius 1 is 1.41 bits per heavy atom. The molecule has 4 nitrogen and oxygen atoms in total. The van der Waals surface area contributed by atoms with Crippen LogP contribution in [0.15, 0.2) is 6.33 Å². The van der Waals surface area contributed by atoms with Gasteiger partial charge in [0, 0.05) is 6.61 Å². The molecule has 0 aliphatic carbocycles. The fraction of sp³-hybridized carbons (Fsp3) is 0.667. The van der Waals surface area contributed by atoms with E-state index in [0.717, 1.165) is 0 Å². The van der Waals surface area contributed by atoms with Crippen LogP contribution in [0.25, 0.3) is 0 Å². The molecular weight excluding hydrogens is 221 g/mol. The van der Waals surface area contributed by atoms with Crippen LogP contribution in [0.5, 0.6) is 0 Å². The Morgan fingerprint density at radius 2 is 2.12 bits per heavy atom. The molecule has 17 heavy (non-hydrogen) atoms. The van der Waals surface area contributed by atoms with Crippen molar-refractivity contribution in [3.8, 4) is 0 Å². The van der Waals surface area contributed by atoms with Crippen molar-refractivity contribution in [1.82, 2.24) is 9.97 Å². The summed E-state index contributed by atoms with van der Waals surface area (Å²) in [7, 11) is 0. The third-order valence-electron chi connectivity index (χ3n) is 2.59. The normalized spacial score (nSPS) is 12.8. The van der Waals surface area contributed by atoms with E-state index in [1.807, 2.05) is 6.92 Å². The standard InChI is InChI=1S/C12H20FN3O/c1-5-17-6-10(8(2)3)16-12-11(13)9(4)14-7-15-12/h7-8,10H,5-6H2,1-4H3,(H,14,15,16). The Balaban J connectivity index is 2.75. The molecule has 1 heterocycles. The Bertz CT molecular complexity index is 358. The SMILES string of the molecule is CCOCC(Nc1ncnc(C)c1F)C(C)C. The minimum Gasteiger partial charge on any atom is -0.380 e. The van der Waals surface area contributed by atoms with Gasteiger partial charge in [-0.15, -0.1) is 0 Å². The molecule has 0 fully saturated rings. The molecular formula is C12H20FN3O. The quantitative estimate of drug-likeness (QED) is 0.830. The second-order valence-corrected chi connectivity index (χ2v) is 4.28. The number of rotatable bonds is 6. The highest BCUT2D eigenvalue weighted by Crippen LogP contribution is 2.15. The summed E-state index contributed by atoms with van der Waals surface area (Å²) in [5.74, 6) is 0.182. The maximum atomic E-state index is 13.7. The predicted octanol–water partition coefficient (Wildman–Crippen LogP) is 2.40. The number of aromatic nitrogens is 2. The molecule has 0 aliphatic heterocycles. The fourth-order valence-corrected chi connectivity index (χ4v) is 1.38. The molecule has 1 N–H and O–H groups in total. The maximum absolute atomic E-state index is 13.7. The molecule has 0 amide bonds. The van der Waals surface area contributed by atoms with E-state index in [-0.39, 0.29) is 11.9 Å². The summed E-state index contributed by atoms with van der Waals surface area (Å²) in [4.78, 5) is 7.71. The molecule has 0 bridgehead atoms. The fourth-order valence-electron chi connectivity index (χ4n) is 1.38. The summed E-state index contributed by atoms with van der Waals surface area (Å²) in [6.45, 7) is 8.86. The lowest BCUT2D eigenvalue weighted by molar-refractivity contribution is 0.126. The molecule has 5 heteroatoms. The molecule has 1 atom stereocenters. The number of ether oxygens (including phenoxy) is 1. The number of hydrogen-bond acceptors (Lipinski definition) is 4. The molecule has 96 valence electrons. The molecule has 1 unspecified atom stereocenters. The van der Waals surface area contributed by atoms with Crippen LogP contribution < -0.4 is 5.32 Å². The lowest BCUT2D eigenvalue weighted by atomic mass is 10.1. The first-order valence-electron chi connectivity index (χ1n) is 5.87. The zero-order valence-corrected chi connectivity index (χ0v) is 10.8. The van der Waals surface area contributed by atoms with Crippen molar-refractivity contribution in [2.75, 3.05) is 18.5 Å². The van der Waals surface area contributed by atoms with Gasteiger partial charge in [-0.05, 0) is 19.8 Å². The zero-order chi connectivity index (χ0) is 12.8. The van der Waals surface area contributed by atoms with Crippen LogP contribution in [0.3, 0.4) is 0 Å². The van der Waals surface area contributed by atoms with Gasteiger partial charge in [0.05, 0.1) is 18.3 Å². The number of nitrogens with one attached hydrogen (secondary N) is 1. The van der Waals surface area contributed by atoms with Crippen LogP contribution in [0.2, 0.25) is 0 Å². The van der Waals surface area contributed by atoms with Crippen molar-refractivity contribution < 1.29 is 9.13 Å². The van der Waals surface area contributed by atoms with Crippen LogP contribution in [-0.2, 0) is 4.74 Å². The lowest BCUT2D eigenvalue weighted by Gasteiger charge is -2.22. The Morgan fingerprint density at radius 3 is 2.71 bits per heavy atom. The highest BCUT2D eigenvalue weighted by molar-refractivity contribution is 5.38. The third-order valence-corrected chi connectivity index (χ3v) is 2.59. The van der Waals surface area contributed by atoms with Gasteiger partial charge in [-0.1, -0.05) is 13.8 Å². The van der Waals surface area contributed by atoms with E-state index >= 15 is 0 Å². The van der Waals surface area contributed by atoms with Crippen molar-refractivity contribution in [1.29, 1.82) is 0 Å². The summed E-state index contributed by atoms with van der Waals surface area (Å²) < 4.78 is 19.1. The van der Waals surface area contributed by atoms with E-state index in [0.29, 0.717) is 24.8 Å². The topological polar surface area (TPSA) is 47.0 Å². The van der Waals surface area contributed by atoms with Crippen molar-refractivity contribution in [2.24, 2.45) is 5.92 Å². The largest absolute Gasteiger partial charge is 0.380 e. The van der Waals surface area contributed by atoms with Gasteiger partial charge in [-0.25, -0.2) is 14.4 Å². The summed E-state index contributed by atoms with van der Waals surface area (Å²) >= 11 is 0. The highest BCUT2D eigenvalue weighted by atomic mass is 19.1. The van der Waals surface area contributed by atoms with Crippen LogP contribution in [-0.4, -0.2) is 29.2 Å². The summed E-state index contributed by atoms with van der Waals surface area (Å²) in [6.07, 6.45) is 1.36. The van der Waals surface area contributed by atoms with E-state index in [4.69, 9.17) is 4.74 Å². The van der Waals surface area contributed by atoms with Crippen molar-refractivity contribution in [2.45, 2.75) is 33.7 Å². The number of hydrogen-bond donors (Lipinski definition) is 1. The molecule has 1 rings (SSSR count). The van der Waals surface area contributed by atoms with E-state index in [2.05, 4.69) is 29.1 Å². The Labute approximate surface area is 102 Å². The van der Waals surface area contributed by atoms with Crippen molar-refractivity contribution >= 4 is 5.82 Å². The summed E-state index contributed by atoms with van der Waals surface area (Å²) in [5.41, 5.74) is 0.349. The van der Waals surface area contributed by atoms with Gasteiger partial charge in [0.1, 0.15) is 6.33 Å². The number of anilines is 1. The molecule has 0 aliphatic rings. The minimum atomic E-state index is -0.394. The second-order valence-electron chi connectivity index (χ2n) is 4.28. The Hall–Kier alpha value is -1.23. The third kappa shape index (κ3) is 3.93. The zero-order valence-electron chi connectivity index (χ0n) is 10.8. The average molecular weight is 241 g/mol. The van der Waals surface area contributed by atoms with Crippen LogP contribution in [0.1, 0.15) is 26.5 Å². The van der Waals surface area contributed by atoms with Crippen LogP contribution in [0, 0.1) is 18.7 Å². The van der Waals surface area contributed by atoms with Gasteiger partial charge >= 0.3 is 0 Å². The predicted molar refractivity (Wildman–Crippen MR) is 65.5 cm³/mol. The number of aryl methyl sites for hydroxylation is 1. The molecule has 0 radical (unpaired) electrons. The summed E-state index contributed by atoms with van der Waals surface area (Å²) in [5, 5.41) is 3.07. The van der Waals surface area contributed by atoms with Gasteiger partial charge in [0.15, 0.2) is 11.6 Å². The van der Waals surface area contributed by atoms with E-state index in [9.17, 15) is 4.39 Å². The van der Waals surface area contributed by atoms with Crippen LogP contribution in [0.4, 0.5) is 10.2 Å². The molecule has 0 spiro atoms.